The van der Waals surface area contributed by atoms with Gasteiger partial charge < -0.3 is 15.5 Å². The number of halogens is 3. The first-order valence-corrected chi connectivity index (χ1v) is 10.2. The van der Waals surface area contributed by atoms with Crippen LogP contribution in [0.3, 0.4) is 0 Å². The molecule has 1 saturated heterocycles. The van der Waals surface area contributed by atoms with Gasteiger partial charge in [-0.25, -0.2) is 19.4 Å². The molecule has 0 aliphatic carbocycles. The summed E-state index contributed by atoms with van der Waals surface area (Å²) in [7, 11) is 0. The minimum absolute atomic E-state index is 0.104. The molecule has 0 radical (unpaired) electrons. The van der Waals surface area contributed by atoms with E-state index in [0.29, 0.717) is 17.1 Å². The molecule has 3 heterocycles. The SMILES string of the molecule is O=C(NCc1cccnc1-n1cncn1)Nc1cc(C(F)(F)F)ccc1N1CCCCC1. The normalized spacial score (nSPS) is 14.3. The van der Waals surface area contributed by atoms with Crippen molar-refractivity contribution in [1.82, 2.24) is 25.1 Å². The topological polar surface area (TPSA) is 88.0 Å². The molecule has 1 aromatic carbocycles. The average Bonchev–Trinajstić information content (AvgIpc) is 3.33. The maximum absolute atomic E-state index is 13.3. The summed E-state index contributed by atoms with van der Waals surface area (Å²) >= 11 is 0. The summed E-state index contributed by atoms with van der Waals surface area (Å²) in [5, 5.41) is 9.33. The zero-order chi connectivity index (χ0) is 22.6. The summed E-state index contributed by atoms with van der Waals surface area (Å²) in [4.78, 5) is 22.7. The Hall–Kier alpha value is -3.63. The van der Waals surface area contributed by atoms with Crippen molar-refractivity contribution in [1.29, 1.82) is 0 Å². The molecule has 0 unspecified atom stereocenters. The van der Waals surface area contributed by atoms with Crippen molar-refractivity contribution in [3.63, 3.8) is 0 Å². The number of rotatable bonds is 5. The second-order valence-corrected chi connectivity index (χ2v) is 7.41. The monoisotopic (exact) mass is 445 g/mol. The first-order chi connectivity index (χ1) is 15.4. The third kappa shape index (κ3) is 4.98. The number of anilines is 2. The van der Waals surface area contributed by atoms with Gasteiger partial charge in [-0.3, -0.25) is 0 Å². The van der Waals surface area contributed by atoms with Crippen molar-refractivity contribution in [3.05, 3.63) is 60.3 Å². The lowest BCUT2D eigenvalue weighted by Gasteiger charge is -2.31. The molecule has 2 amide bonds. The average molecular weight is 445 g/mol. The van der Waals surface area contributed by atoms with Crippen molar-refractivity contribution in [2.45, 2.75) is 32.0 Å². The van der Waals surface area contributed by atoms with Crippen molar-refractivity contribution in [2.24, 2.45) is 0 Å². The first kappa shape index (κ1) is 21.6. The third-order valence-corrected chi connectivity index (χ3v) is 5.21. The Balaban J connectivity index is 1.51. The van der Waals surface area contributed by atoms with E-state index in [1.807, 2.05) is 4.90 Å². The van der Waals surface area contributed by atoms with Gasteiger partial charge in [0.15, 0.2) is 5.82 Å². The molecule has 32 heavy (non-hydrogen) atoms. The van der Waals surface area contributed by atoms with Crippen LogP contribution in [0.5, 0.6) is 0 Å². The van der Waals surface area contributed by atoms with Crippen LogP contribution in [0, 0.1) is 0 Å². The van der Waals surface area contributed by atoms with Crippen LogP contribution < -0.4 is 15.5 Å². The van der Waals surface area contributed by atoms with E-state index in [1.54, 1.807) is 18.3 Å². The van der Waals surface area contributed by atoms with Crippen molar-refractivity contribution < 1.29 is 18.0 Å². The van der Waals surface area contributed by atoms with Gasteiger partial charge in [0, 0.05) is 31.4 Å². The van der Waals surface area contributed by atoms with Crippen LogP contribution in [0.2, 0.25) is 0 Å². The number of nitrogens with zero attached hydrogens (tertiary/aromatic N) is 5. The molecule has 11 heteroatoms. The maximum atomic E-state index is 13.3. The van der Waals surface area contributed by atoms with Crippen LogP contribution in [-0.2, 0) is 12.7 Å². The number of hydrogen-bond acceptors (Lipinski definition) is 5. The fourth-order valence-corrected chi connectivity index (χ4v) is 3.66. The highest BCUT2D eigenvalue weighted by molar-refractivity contribution is 5.93. The molecule has 168 valence electrons. The number of amides is 2. The number of carbonyl (C=O) groups is 1. The van der Waals surface area contributed by atoms with E-state index in [0.717, 1.165) is 44.5 Å². The maximum Gasteiger partial charge on any atom is 0.416 e. The first-order valence-electron chi connectivity index (χ1n) is 10.2. The number of nitrogens with one attached hydrogen (secondary N) is 2. The molecule has 2 aromatic heterocycles. The highest BCUT2D eigenvalue weighted by atomic mass is 19.4. The molecule has 3 aromatic rings. The lowest BCUT2D eigenvalue weighted by Crippen LogP contribution is -2.33. The standard InChI is InChI=1S/C21H22F3N7O/c22-21(23,24)16-6-7-18(30-9-2-1-3-10-30)17(11-16)29-20(32)27-12-15-5-4-8-26-19(15)31-14-25-13-28-31/h4-8,11,13-14H,1-3,9-10,12H2,(H2,27,29,32). The Morgan fingerprint density at radius 1 is 1.12 bits per heavy atom. The van der Waals surface area contributed by atoms with Crippen molar-refractivity contribution in [2.75, 3.05) is 23.3 Å². The van der Waals surface area contributed by atoms with Gasteiger partial charge in [0.25, 0.3) is 0 Å². The molecule has 0 atom stereocenters. The van der Waals surface area contributed by atoms with E-state index in [9.17, 15) is 18.0 Å². The Labute approximate surface area is 182 Å². The molecule has 0 spiro atoms. The number of aromatic nitrogens is 4. The van der Waals surface area contributed by atoms with E-state index >= 15 is 0 Å². The number of hydrogen-bond donors (Lipinski definition) is 2. The molecule has 0 bridgehead atoms. The quantitative estimate of drug-likeness (QED) is 0.620. The molecule has 1 aliphatic heterocycles. The summed E-state index contributed by atoms with van der Waals surface area (Å²) in [5.74, 6) is 0.498. The summed E-state index contributed by atoms with van der Waals surface area (Å²) < 4.78 is 41.3. The van der Waals surface area contributed by atoms with E-state index in [1.165, 1.54) is 23.4 Å². The van der Waals surface area contributed by atoms with Gasteiger partial charge in [-0.1, -0.05) is 6.07 Å². The van der Waals surface area contributed by atoms with Crippen LogP contribution in [0.4, 0.5) is 29.3 Å². The van der Waals surface area contributed by atoms with Gasteiger partial charge in [-0.15, -0.1) is 0 Å². The van der Waals surface area contributed by atoms with Crippen molar-refractivity contribution in [3.8, 4) is 5.82 Å². The molecule has 8 nitrogen and oxygen atoms in total. The number of pyridine rings is 1. The number of urea groups is 1. The Bertz CT molecular complexity index is 1060. The number of alkyl halides is 3. The zero-order valence-electron chi connectivity index (χ0n) is 17.1. The largest absolute Gasteiger partial charge is 0.416 e. The molecule has 4 rings (SSSR count). The van der Waals surface area contributed by atoms with E-state index in [4.69, 9.17) is 0 Å². The molecule has 1 fully saturated rings. The fraction of sp³-hybridized carbons (Fsp3) is 0.333. The summed E-state index contributed by atoms with van der Waals surface area (Å²) in [6, 6.07) is 6.33. The fourth-order valence-electron chi connectivity index (χ4n) is 3.66. The second kappa shape index (κ2) is 9.25. The Morgan fingerprint density at radius 2 is 1.94 bits per heavy atom. The minimum atomic E-state index is -4.50. The van der Waals surface area contributed by atoms with Gasteiger partial charge in [0.1, 0.15) is 12.7 Å². The van der Waals surface area contributed by atoms with E-state index in [2.05, 4.69) is 25.7 Å². The van der Waals surface area contributed by atoms with E-state index < -0.39 is 17.8 Å². The molecule has 2 N–H and O–H groups in total. The number of benzene rings is 1. The zero-order valence-corrected chi connectivity index (χ0v) is 17.1. The number of piperidine rings is 1. The van der Waals surface area contributed by atoms with Gasteiger partial charge in [-0.05, 0) is 43.5 Å². The summed E-state index contributed by atoms with van der Waals surface area (Å²) in [6.45, 7) is 1.57. The lowest BCUT2D eigenvalue weighted by atomic mass is 10.1. The number of carbonyl (C=O) groups excluding carboxylic acids is 1. The second-order valence-electron chi connectivity index (χ2n) is 7.41. The lowest BCUT2D eigenvalue weighted by molar-refractivity contribution is -0.137. The van der Waals surface area contributed by atoms with Gasteiger partial charge in [0.05, 0.1) is 16.9 Å². The molecular weight excluding hydrogens is 423 g/mol. The van der Waals surface area contributed by atoms with Gasteiger partial charge in [0.2, 0.25) is 0 Å². The predicted molar refractivity (Wildman–Crippen MR) is 113 cm³/mol. The van der Waals surface area contributed by atoms with E-state index in [-0.39, 0.29) is 12.2 Å². The smallest absolute Gasteiger partial charge is 0.370 e. The van der Waals surface area contributed by atoms with Crippen LogP contribution in [0.15, 0.2) is 49.2 Å². The van der Waals surface area contributed by atoms with Crippen LogP contribution in [-0.4, -0.2) is 38.9 Å². The highest BCUT2D eigenvalue weighted by Crippen LogP contribution is 2.36. The van der Waals surface area contributed by atoms with Crippen LogP contribution >= 0.6 is 0 Å². The Morgan fingerprint density at radius 3 is 2.66 bits per heavy atom. The molecular formula is C21H22F3N7O. The highest BCUT2D eigenvalue weighted by Gasteiger charge is 2.32. The van der Waals surface area contributed by atoms with Gasteiger partial charge in [-0.2, -0.15) is 18.3 Å². The van der Waals surface area contributed by atoms with Gasteiger partial charge >= 0.3 is 12.2 Å². The Kier molecular flexibility index (Phi) is 6.24. The summed E-state index contributed by atoms with van der Waals surface area (Å²) in [5.41, 5.74) is 0.571. The minimum Gasteiger partial charge on any atom is -0.370 e. The third-order valence-electron chi connectivity index (χ3n) is 5.21. The summed E-state index contributed by atoms with van der Waals surface area (Å²) in [6.07, 6.45) is 2.94. The van der Waals surface area contributed by atoms with Crippen LogP contribution in [0.1, 0.15) is 30.4 Å². The predicted octanol–water partition coefficient (Wildman–Crippen LogP) is 3.99. The molecule has 1 aliphatic rings. The van der Waals surface area contributed by atoms with Crippen molar-refractivity contribution >= 4 is 17.4 Å². The van der Waals surface area contributed by atoms with Crippen LogP contribution in [0.25, 0.3) is 5.82 Å². The molecule has 0 saturated carbocycles.